The number of benzene rings is 1. The van der Waals surface area contributed by atoms with Crippen LogP contribution in [0.25, 0.3) is 0 Å². The van der Waals surface area contributed by atoms with Crippen LogP contribution in [0.4, 0.5) is 5.69 Å². The number of nitrogens with one attached hydrogen (secondary N) is 1. The van der Waals surface area contributed by atoms with Gasteiger partial charge in [-0.2, -0.15) is 5.26 Å². The molecule has 3 nitrogen and oxygen atoms in total. The molecule has 1 aromatic carbocycles. The molecule has 3 atom stereocenters. The van der Waals surface area contributed by atoms with Gasteiger partial charge in [-0.15, -0.1) is 0 Å². The zero-order valence-electron chi connectivity index (χ0n) is 13.6. The SMILES string of the molecule is Cc1ccc2c(c1)[C@@H]1CCC[C@@H]1[C@H](c1ccc(C#N)nc1C)N2. The van der Waals surface area contributed by atoms with E-state index >= 15 is 0 Å². The van der Waals surface area contributed by atoms with Crippen molar-refractivity contribution in [2.24, 2.45) is 5.92 Å². The fourth-order valence-corrected chi connectivity index (χ4v) is 4.44. The Balaban J connectivity index is 1.79. The first-order valence-electron chi connectivity index (χ1n) is 8.42. The second-order valence-electron chi connectivity index (χ2n) is 6.90. The summed E-state index contributed by atoms with van der Waals surface area (Å²) in [6.07, 6.45) is 3.83. The minimum atomic E-state index is 0.304. The van der Waals surface area contributed by atoms with Crippen LogP contribution in [0.5, 0.6) is 0 Å². The lowest BCUT2D eigenvalue weighted by molar-refractivity contribution is 0.404. The van der Waals surface area contributed by atoms with E-state index in [9.17, 15) is 0 Å². The van der Waals surface area contributed by atoms with Crippen molar-refractivity contribution in [3.63, 3.8) is 0 Å². The summed E-state index contributed by atoms with van der Waals surface area (Å²) in [5.74, 6) is 1.27. The molecular weight excluding hydrogens is 282 g/mol. The lowest BCUT2D eigenvalue weighted by atomic mass is 9.76. The third-order valence-electron chi connectivity index (χ3n) is 5.49. The summed E-state index contributed by atoms with van der Waals surface area (Å²) < 4.78 is 0. The average Bonchev–Trinajstić information content (AvgIpc) is 3.04. The molecule has 1 fully saturated rings. The van der Waals surface area contributed by atoms with Gasteiger partial charge in [-0.25, -0.2) is 4.98 Å². The summed E-state index contributed by atoms with van der Waals surface area (Å²) in [4.78, 5) is 4.45. The fraction of sp³-hybridized carbons (Fsp3) is 0.400. The van der Waals surface area contributed by atoms with Crippen molar-refractivity contribution in [2.75, 3.05) is 5.32 Å². The molecule has 0 amide bonds. The summed E-state index contributed by atoms with van der Waals surface area (Å²) in [5, 5.41) is 12.8. The Morgan fingerprint density at radius 1 is 1.13 bits per heavy atom. The molecule has 1 saturated carbocycles. The molecule has 4 rings (SSSR count). The maximum absolute atomic E-state index is 9.04. The first kappa shape index (κ1) is 14.3. The minimum absolute atomic E-state index is 0.304. The van der Waals surface area contributed by atoms with Gasteiger partial charge in [-0.3, -0.25) is 0 Å². The van der Waals surface area contributed by atoms with Crippen molar-refractivity contribution in [3.05, 3.63) is 58.4 Å². The Morgan fingerprint density at radius 3 is 2.78 bits per heavy atom. The third-order valence-corrected chi connectivity index (χ3v) is 5.49. The van der Waals surface area contributed by atoms with E-state index in [1.54, 1.807) is 0 Å². The Bertz CT molecular complexity index is 803. The first-order valence-corrected chi connectivity index (χ1v) is 8.42. The fourth-order valence-electron chi connectivity index (χ4n) is 4.44. The summed E-state index contributed by atoms with van der Waals surface area (Å²) in [6, 6.07) is 13.1. The van der Waals surface area contributed by atoms with Crippen LogP contribution in [-0.2, 0) is 0 Å². The largest absolute Gasteiger partial charge is 0.378 e. The van der Waals surface area contributed by atoms with E-state index < -0.39 is 0 Å². The Hall–Kier alpha value is -2.34. The Morgan fingerprint density at radius 2 is 2.00 bits per heavy atom. The van der Waals surface area contributed by atoms with Gasteiger partial charge in [-0.1, -0.05) is 30.2 Å². The topological polar surface area (TPSA) is 48.7 Å². The molecule has 0 unspecified atom stereocenters. The van der Waals surface area contributed by atoms with Crippen molar-refractivity contribution in [2.45, 2.75) is 45.1 Å². The molecule has 0 radical (unpaired) electrons. The predicted octanol–water partition coefficient (Wildman–Crippen LogP) is 4.62. The van der Waals surface area contributed by atoms with Crippen LogP contribution in [0.1, 0.15) is 59.3 Å². The van der Waals surface area contributed by atoms with Gasteiger partial charge in [0.05, 0.1) is 6.04 Å². The Kier molecular flexibility index (Phi) is 3.34. The summed E-state index contributed by atoms with van der Waals surface area (Å²) in [5.41, 5.74) is 6.82. The smallest absolute Gasteiger partial charge is 0.140 e. The highest BCUT2D eigenvalue weighted by atomic mass is 15.0. The van der Waals surface area contributed by atoms with E-state index in [-0.39, 0.29) is 0 Å². The zero-order chi connectivity index (χ0) is 16.0. The number of rotatable bonds is 1. The molecule has 23 heavy (non-hydrogen) atoms. The van der Waals surface area contributed by atoms with Gasteiger partial charge in [-0.05, 0) is 61.8 Å². The lowest BCUT2D eigenvalue weighted by Crippen LogP contribution is -2.29. The van der Waals surface area contributed by atoms with Crippen LogP contribution in [0.2, 0.25) is 0 Å². The quantitative estimate of drug-likeness (QED) is 0.836. The third kappa shape index (κ3) is 2.30. The van der Waals surface area contributed by atoms with E-state index in [2.05, 4.69) is 47.6 Å². The van der Waals surface area contributed by atoms with Gasteiger partial charge >= 0.3 is 0 Å². The second-order valence-corrected chi connectivity index (χ2v) is 6.90. The van der Waals surface area contributed by atoms with Gasteiger partial charge in [0.1, 0.15) is 11.8 Å². The number of anilines is 1. The summed E-state index contributed by atoms with van der Waals surface area (Å²) in [6.45, 7) is 4.19. The van der Waals surface area contributed by atoms with Crippen LogP contribution >= 0.6 is 0 Å². The molecule has 1 aromatic heterocycles. The van der Waals surface area contributed by atoms with E-state index in [0.717, 1.165) is 5.69 Å². The van der Waals surface area contributed by atoms with Gasteiger partial charge in [0, 0.05) is 11.4 Å². The van der Waals surface area contributed by atoms with Crippen LogP contribution in [0.15, 0.2) is 30.3 Å². The van der Waals surface area contributed by atoms with Crippen LogP contribution in [0, 0.1) is 31.1 Å². The molecule has 1 aliphatic carbocycles. The second kappa shape index (κ2) is 5.38. The average molecular weight is 303 g/mol. The number of hydrogen-bond acceptors (Lipinski definition) is 3. The number of pyridine rings is 1. The lowest BCUT2D eigenvalue weighted by Gasteiger charge is -2.38. The van der Waals surface area contributed by atoms with Crippen molar-refractivity contribution in [1.82, 2.24) is 4.98 Å². The maximum atomic E-state index is 9.04. The first-order chi connectivity index (χ1) is 11.2. The van der Waals surface area contributed by atoms with Crippen LogP contribution in [-0.4, -0.2) is 4.98 Å². The molecule has 2 heterocycles. The minimum Gasteiger partial charge on any atom is -0.378 e. The van der Waals surface area contributed by atoms with E-state index in [1.807, 2.05) is 13.0 Å². The highest BCUT2D eigenvalue weighted by molar-refractivity contribution is 5.59. The van der Waals surface area contributed by atoms with Crippen molar-refractivity contribution < 1.29 is 0 Å². The van der Waals surface area contributed by atoms with Crippen molar-refractivity contribution >= 4 is 5.69 Å². The molecule has 1 aliphatic heterocycles. The van der Waals surface area contributed by atoms with E-state index in [1.165, 1.54) is 41.6 Å². The van der Waals surface area contributed by atoms with Crippen molar-refractivity contribution in [3.8, 4) is 6.07 Å². The Labute approximate surface area is 137 Å². The molecule has 2 aromatic rings. The number of aromatic nitrogens is 1. The molecule has 2 aliphatic rings. The highest BCUT2D eigenvalue weighted by Gasteiger charge is 2.40. The van der Waals surface area contributed by atoms with Gasteiger partial charge in [0.25, 0.3) is 0 Å². The maximum Gasteiger partial charge on any atom is 0.140 e. The van der Waals surface area contributed by atoms with Crippen molar-refractivity contribution in [1.29, 1.82) is 5.26 Å². The number of nitrogens with zero attached hydrogens (tertiary/aromatic N) is 2. The number of aryl methyl sites for hydroxylation is 2. The molecule has 116 valence electrons. The summed E-state index contributed by atoms with van der Waals surface area (Å²) in [7, 11) is 0. The molecule has 0 spiro atoms. The number of nitriles is 1. The number of fused-ring (bicyclic) bond motifs is 3. The van der Waals surface area contributed by atoms with Gasteiger partial charge in [0.15, 0.2) is 0 Å². The van der Waals surface area contributed by atoms with E-state index in [4.69, 9.17) is 5.26 Å². The molecule has 3 heteroatoms. The highest BCUT2D eigenvalue weighted by Crippen LogP contribution is 2.53. The number of hydrogen-bond donors (Lipinski definition) is 1. The van der Waals surface area contributed by atoms with Gasteiger partial charge < -0.3 is 5.32 Å². The standard InChI is InChI=1S/C20H21N3/c1-12-6-9-19-18(10-12)16-4-3-5-17(16)20(23-19)15-8-7-14(11-21)22-13(15)2/h6-10,16-17,20,23H,3-5H2,1-2H3/t16-,17+,20+/m1/s1. The zero-order valence-corrected chi connectivity index (χ0v) is 13.6. The van der Waals surface area contributed by atoms with Gasteiger partial charge in [0.2, 0.25) is 0 Å². The monoisotopic (exact) mass is 303 g/mol. The molecule has 0 saturated heterocycles. The molecule has 1 N–H and O–H groups in total. The summed E-state index contributed by atoms with van der Waals surface area (Å²) >= 11 is 0. The van der Waals surface area contributed by atoms with Crippen LogP contribution < -0.4 is 5.32 Å². The van der Waals surface area contributed by atoms with Crippen LogP contribution in [0.3, 0.4) is 0 Å². The molecular formula is C20H21N3. The molecule has 0 bridgehead atoms. The normalized spacial score (nSPS) is 25.2. The predicted molar refractivity (Wildman–Crippen MR) is 91.3 cm³/mol. The van der Waals surface area contributed by atoms with E-state index in [0.29, 0.717) is 23.6 Å².